The van der Waals surface area contributed by atoms with Gasteiger partial charge >= 0.3 is 6.18 Å². The highest BCUT2D eigenvalue weighted by atomic mass is 19.4. The van der Waals surface area contributed by atoms with E-state index in [2.05, 4.69) is 15.0 Å². The number of halogens is 6. The van der Waals surface area contributed by atoms with Gasteiger partial charge in [0, 0.05) is 12.7 Å². The maximum atomic E-state index is 14.8. The van der Waals surface area contributed by atoms with E-state index in [1.54, 1.807) is 0 Å². The number of carbonyl (C=O) groups is 1. The minimum atomic E-state index is -4.75. The van der Waals surface area contributed by atoms with Crippen molar-refractivity contribution in [3.8, 4) is 17.3 Å². The van der Waals surface area contributed by atoms with Gasteiger partial charge in [-0.15, -0.1) is 0 Å². The third-order valence-electron chi connectivity index (χ3n) is 6.47. The summed E-state index contributed by atoms with van der Waals surface area (Å²) in [4.78, 5) is 26.2. The van der Waals surface area contributed by atoms with E-state index in [1.807, 2.05) is 0 Å². The Balaban J connectivity index is 1.43. The zero-order valence-corrected chi connectivity index (χ0v) is 18.5. The van der Waals surface area contributed by atoms with Gasteiger partial charge in [0.25, 0.3) is 11.8 Å². The lowest BCUT2D eigenvalue weighted by atomic mass is 9.77. The van der Waals surface area contributed by atoms with E-state index in [1.165, 1.54) is 17.0 Å². The first-order valence-corrected chi connectivity index (χ1v) is 11.1. The van der Waals surface area contributed by atoms with Crippen molar-refractivity contribution in [3.05, 3.63) is 71.4 Å². The van der Waals surface area contributed by atoms with Gasteiger partial charge in [-0.3, -0.25) is 4.79 Å². The lowest BCUT2D eigenvalue weighted by Gasteiger charge is -2.49. The maximum Gasteiger partial charge on any atom is 0.417 e. The number of nitrogens with zero attached hydrogens (tertiary/aromatic N) is 4. The Morgan fingerprint density at radius 2 is 1.75 bits per heavy atom. The summed E-state index contributed by atoms with van der Waals surface area (Å²) in [6.07, 6.45) is -1.54. The summed E-state index contributed by atoms with van der Waals surface area (Å²) in [5.74, 6) is -4.05. The van der Waals surface area contributed by atoms with Gasteiger partial charge in [0.2, 0.25) is 0 Å². The van der Waals surface area contributed by atoms with Crippen molar-refractivity contribution in [1.82, 2.24) is 19.9 Å². The van der Waals surface area contributed by atoms with Gasteiger partial charge in [-0.2, -0.15) is 13.2 Å². The van der Waals surface area contributed by atoms with Crippen molar-refractivity contribution < 1.29 is 35.9 Å². The first kappa shape index (κ1) is 24.0. The normalized spacial score (nSPS) is 21.5. The highest BCUT2D eigenvalue weighted by Crippen LogP contribution is 2.39. The predicted octanol–water partition coefficient (Wildman–Crippen LogP) is 5.05. The number of carbonyl (C=O) groups excluding carboxylic acids is 1. The second kappa shape index (κ2) is 9.07. The van der Waals surface area contributed by atoms with E-state index in [-0.39, 0.29) is 22.9 Å². The molecule has 1 amide bonds. The summed E-state index contributed by atoms with van der Waals surface area (Å²) in [6, 6.07) is 3.66. The summed E-state index contributed by atoms with van der Waals surface area (Å²) < 4.78 is 86.6. The minimum Gasteiger partial charge on any atom is -0.470 e. The van der Waals surface area contributed by atoms with Gasteiger partial charge in [-0.1, -0.05) is 6.07 Å². The van der Waals surface area contributed by atoms with Gasteiger partial charge in [0.1, 0.15) is 11.9 Å². The molecule has 3 fully saturated rings. The SMILES string of the molecule is O=C(c1cccc(F)c1-c1ncc(F)cn1)N1CC2CCC1C(Oc1ncc(C(F)(F)F)cc1F)C2. The summed E-state index contributed by atoms with van der Waals surface area (Å²) in [5, 5.41) is 0. The van der Waals surface area contributed by atoms with E-state index in [0.717, 1.165) is 24.9 Å². The van der Waals surface area contributed by atoms with Crippen LogP contribution in [0.25, 0.3) is 11.4 Å². The predicted molar refractivity (Wildman–Crippen MR) is 113 cm³/mol. The highest BCUT2D eigenvalue weighted by Gasteiger charge is 2.45. The van der Waals surface area contributed by atoms with Crippen LogP contribution in [0.15, 0.2) is 42.9 Å². The van der Waals surface area contributed by atoms with Crippen LogP contribution in [0, 0.1) is 23.4 Å². The van der Waals surface area contributed by atoms with E-state index in [0.29, 0.717) is 31.6 Å². The lowest BCUT2D eigenvalue weighted by Crippen LogP contribution is -2.59. The topological polar surface area (TPSA) is 68.2 Å². The van der Waals surface area contributed by atoms with Gasteiger partial charge in [0.15, 0.2) is 17.5 Å². The Morgan fingerprint density at radius 3 is 2.42 bits per heavy atom. The Kier molecular flexibility index (Phi) is 6.05. The molecule has 2 aromatic heterocycles. The van der Waals surface area contributed by atoms with E-state index in [4.69, 9.17) is 4.74 Å². The summed E-state index contributed by atoms with van der Waals surface area (Å²) in [5.41, 5.74) is -1.46. The minimum absolute atomic E-state index is 0.0134. The summed E-state index contributed by atoms with van der Waals surface area (Å²) in [6.45, 7) is 0.340. The Hall–Kier alpha value is -3.70. The van der Waals surface area contributed by atoms with Crippen LogP contribution in [-0.4, -0.2) is 44.4 Å². The smallest absolute Gasteiger partial charge is 0.417 e. The fourth-order valence-electron chi connectivity index (χ4n) is 4.83. The molecule has 4 heterocycles. The monoisotopic (exact) mass is 508 g/mol. The summed E-state index contributed by atoms with van der Waals surface area (Å²) >= 11 is 0. The second-order valence-electron chi connectivity index (χ2n) is 8.76. The molecule has 3 unspecified atom stereocenters. The molecule has 1 aliphatic carbocycles. The van der Waals surface area contributed by atoms with Gasteiger partial charge in [-0.05, 0) is 43.4 Å². The molecule has 36 heavy (non-hydrogen) atoms. The first-order valence-electron chi connectivity index (χ1n) is 11.1. The molecule has 3 atom stereocenters. The summed E-state index contributed by atoms with van der Waals surface area (Å²) in [7, 11) is 0. The largest absolute Gasteiger partial charge is 0.470 e. The van der Waals surface area contributed by atoms with Crippen LogP contribution in [0.1, 0.15) is 35.2 Å². The van der Waals surface area contributed by atoms with Crippen LogP contribution in [-0.2, 0) is 6.18 Å². The number of aromatic nitrogens is 3. The average Bonchev–Trinajstić information content (AvgIpc) is 2.85. The zero-order valence-electron chi connectivity index (χ0n) is 18.5. The number of pyridine rings is 1. The molecular formula is C24H18F6N4O2. The molecular weight excluding hydrogens is 490 g/mol. The van der Waals surface area contributed by atoms with Crippen LogP contribution < -0.4 is 4.74 Å². The van der Waals surface area contributed by atoms with Crippen LogP contribution >= 0.6 is 0 Å². The fourth-order valence-corrected chi connectivity index (χ4v) is 4.83. The Labute approximate surface area is 201 Å². The molecule has 188 valence electrons. The van der Waals surface area contributed by atoms with Crippen LogP contribution in [0.2, 0.25) is 0 Å². The number of rotatable bonds is 4. The van der Waals surface area contributed by atoms with E-state index in [9.17, 15) is 31.1 Å². The number of piperidine rings is 2. The maximum absolute atomic E-state index is 14.8. The number of amides is 1. The molecule has 0 radical (unpaired) electrons. The van der Waals surface area contributed by atoms with Gasteiger partial charge < -0.3 is 9.64 Å². The zero-order chi connectivity index (χ0) is 25.6. The Bertz CT molecular complexity index is 1300. The quantitative estimate of drug-likeness (QED) is 0.462. The second-order valence-corrected chi connectivity index (χ2v) is 8.76. The Morgan fingerprint density at radius 1 is 1.00 bits per heavy atom. The standard InChI is InChI=1S/C24H18F6N4O2/c25-14-9-31-21(32-10-14)20-15(2-1-3-16(20)26)23(35)34-11-12-4-5-18(34)19(6-12)36-22-17(27)7-13(8-33-22)24(28,29)30/h1-3,7-10,12,18-19H,4-6,11H2. The fraction of sp³-hybridized carbons (Fsp3) is 0.333. The van der Waals surface area contributed by atoms with E-state index < -0.39 is 53.1 Å². The van der Waals surface area contributed by atoms with Crippen molar-refractivity contribution >= 4 is 5.91 Å². The third kappa shape index (κ3) is 4.47. The van der Waals surface area contributed by atoms with Crippen molar-refractivity contribution in [3.63, 3.8) is 0 Å². The number of fused-ring (bicyclic) bond motifs is 3. The number of hydrogen-bond acceptors (Lipinski definition) is 5. The van der Waals surface area contributed by atoms with Crippen LogP contribution in [0.4, 0.5) is 26.3 Å². The molecule has 1 saturated carbocycles. The third-order valence-corrected chi connectivity index (χ3v) is 6.47. The van der Waals surface area contributed by atoms with E-state index >= 15 is 0 Å². The number of alkyl halides is 3. The molecule has 2 bridgehead atoms. The molecule has 1 aromatic carbocycles. The van der Waals surface area contributed by atoms with Crippen molar-refractivity contribution in [2.45, 2.75) is 37.6 Å². The van der Waals surface area contributed by atoms with Crippen LogP contribution in [0.5, 0.6) is 5.88 Å². The number of ether oxygens (including phenoxy) is 1. The highest BCUT2D eigenvalue weighted by molar-refractivity contribution is 6.00. The van der Waals surface area contributed by atoms with Gasteiger partial charge in [-0.25, -0.2) is 28.1 Å². The molecule has 0 N–H and O–H groups in total. The number of hydrogen-bond donors (Lipinski definition) is 0. The van der Waals surface area contributed by atoms with Crippen LogP contribution in [0.3, 0.4) is 0 Å². The van der Waals surface area contributed by atoms with Crippen molar-refractivity contribution in [1.29, 1.82) is 0 Å². The number of benzene rings is 1. The molecule has 2 saturated heterocycles. The lowest BCUT2D eigenvalue weighted by molar-refractivity contribution is -0.138. The van der Waals surface area contributed by atoms with Crippen molar-refractivity contribution in [2.24, 2.45) is 5.92 Å². The first-order chi connectivity index (χ1) is 17.1. The molecule has 6 nitrogen and oxygen atoms in total. The molecule has 3 aliphatic rings. The van der Waals surface area contributed by atoms with Gasteiger partial charge in [0.05, 0.1) is 35.1 Å². The molecule has 12 heteroatoms. The molecule has 6 rings (SSSR count). The molecule has 0 spiro atoms. The molecule has 2 aliphatic heterocycles. The molecule has 3 aromatic rings. The van der Waals surface area contributed by atoms with Crippen molar-refractivity contribution in [2.75, 3.05) is 6.54 Å². The average molecular weight is 508 g/mol.